The number of nitrogen functional groups attached to an aromatic ring is 1. The molecule has 2 aromatic carbocycles. The number of amides is 1. The van der Waals surface area contributed by atoms with Gasteiger partial charge in [0.1, 0.15) is 47.8 Å². The van der Waals surface area contributed by atoms with E-state index in [0.29, 0.717) is 11.2 Å². The second-order valence-electron chi connectivity index (χ2n) is 12.8. The number of anilines is 1. The summed E-state index contributed by atoms with van der Waals surface area (Å²) in [6.07, 6.45) is 1.85. The van der Waals surface area contributed by atoms with Crippen LogP contribution < -0.4 is 15.8 Å². The van der Waals surface area contributed by atoms with Gasteiger partial charge in [-0.25, -0.2) is 29.3 Å². The van der Waals surface area contributed by atoms with E-state index in [2.05, 4.69) is 20.3 Å². The number of esters is 3. The number of nitrogens with two attached hydrogens (primary N) is 1. The lowest BCUT2D eigenvalue weighted by Gasteiger charge is -2.23. The van der Waals surface area contributed by atoms with E-state index in [-0.39, 0.29) is 69.6 Å². The van der Waals surface area contributed by atoms with Crippen LogP contribution in [0.5, 0.6) is 5.75 Å². The Bertz CT molecular complexity index is 1950. The van der Waals surface area contributed by atoms with Crippen molar-refractivity contribution >= 4 is 48.6 Å². The molecule has 296 valence electrons. The first-order valence-electron chi connectivity index (χ1n) is 17.2. The minimum absolute atomic E-state index is 0.0152. The van der Waals surface area contributed by atoms with Crippen LogP contribution in [0.2, 0.25) is 0 Å². The predicted molar refractivity (Wildman–Crippen MR) is 197 cm³/mol. The van der Waals surface area contributed by atoms with Gasteiger partial charge >= 0.3 is 31.6 Å². The minimum atomic E-state index is -3.98. The average molecular weight is 785 g/mol. The van der Waals surface area contributed by atoms with Gasteiger partial charge in [0, 0.05) is 26.3 Å². The smallest absolute Gasteiger partial charge is 0.408 e. The Morgan fingerprint density at radius 1 is 0.891 bits per heavy atom. The van der Waals surface area contributed by atoms with Gasteiger partial charge in [0.15, 0.2) is 11.5 Å². The quantitative estimate of drug-likeness (QED) is 0.0414. The van der Waals surface area contributed by atoms with Gasteiger partial charge in [0.05, 0.1) is 32.8 Å². The highest BCUT2D eigenvalue weighted by atomic mass is 31.2. The zero-order valence-corrected chi connectivity index (χ0v) is 31.9. The zero-order valence-electron chi connectivity index (χ0n) is 31.0. The van der Waals surface area contributed by atoms with Gasteiger partial charge in [-0.1, -0.05) is 42.5 Å². The van der Waals surface area contributed by atoms with Crippen molar-refractivity contribution in [2.75, 3.05) is 45.1 Å². The number of imidazole rings is 1. The number of fused-ring (bicyclic) bond motifs is 1. The van der Waals surface area contributed by atoms with Crippen molar-refractivity contribution in [1.82, 2.24) is 24.8 Å². The third-order valence-electron chi connectivity index (χ3n) is 7.20. The molecule has 1 amide bonds. The topological polar surface area (TPSA) is 232 Å². The van der Waals surface area contributed by atoms with Crippen molar-refractivity contribution in [3.8, 4) is 5.75 Å². The Morgan fingerprint density at radius 2 is 1.62 bits per heavy atom. The second kappa shape index (κ2) is 20.3. The molecule has 0 aliphatic rings. The number of para-hydroxylation sites is 1. The first-order chi connectivity index (χ1) is 26.2. The fraction of sp³-hybridized carbons (Fsp3) is 0.417. The van der Waals surface area contributed by atoms with E-state index >= 15 is 0 Å². The van der Waals surface area contributed by atoms with E-state index in [1.54, 1.807) is 37.5 Å². The third-order valence-corrected chi connectivity index (χ3v) is 8.85. The first-order valence-corrected chi connectivity index (χ1v) is 19.0. The van der Waals surface area contributed by atoms with Crippen molar-refractivity contribution in [3.63, 3.8) is 0 Å². The van der Waals surface area contributed by atoms with Crippen molar-refractivity contribution in [2.24, 2.45) is 0 Å². The lowest BCUT2D eigenvalue weighted by atomic mass is 10.1. The Labute approximate surface area is 317 Å². The van der Waals surface area contributed by atoms with Crippen molar-refractivity contribution in [2.45, 2.75) is 58.7 Å². The summed E-state index contributed by atoms with van der Waals surface area (Å²) in [5, 5.41) is 2.57. The highest BCUT2D eigenvalue weighted by molar-refractivity contribution is 7.53. The van der Waals surface area contributed by atoms with Crippen LogP contribution >= 0.6 is 7.60 Å². The van der Waals surface area contributed by atoms with E-state index in [1.165, 1.54) is 31.7 Å². The molecule has 19 heteroatoms. The molecular weight excluding hydrogens is 739 g/mol. The summed E-state index contributed by atoms with van der Waals surface area (Å²) in [5.74, 6) is -1.86. The minimum Gasteiger partial charge on any atom is -0.464 e. The van der Waals surface area contributed by atoms with Crippen molar-refractivity contribution in [1.29, 1.82) is 0 Å². The Morgan fingerprint density at radius 3 is 2.36 bits per heavy atom. The van der Waals surface area contributed by atoms with Gasteiger partial charge in [-0.15, -0.1) is 0 Å². The van der Waals surface area contributed by atoms with Crippen LogP contribution in [-0.2, 0) is 55.1 Å². The summed E-state index contributed by atoms with van der Waals surface area (Å²) in [4.78, 5) is 62.0. The molecule has 55 heavy (non-hydrogen) atoms. The maximum atomic E-state index is 13.8. The number of nitrogens with zero attached hydrogens (tertiary/aromatic N) is 4. The number of carbonyl (C=O) groups excluding carboxylic acids is 4. The summed E-state index contributed by atoms with van der Waals surface area (Å²) < 4.78 is 53.4. The van der Waals surface area contributed by atoms with Crippen LogP contribution in [0.3, 0.4) is 0 Å². The molecule has 2 atom stereocenters. The lowest BCUT2D eigenvalue weighted by Crippen LogP contribution is -2.45. The highest BCUT2D eigenvalue weighted by Gasteiger charge is 2.28. The molecule has 1 unspecified atom stereocenters. The molecule has 4 aromatic rings. The van der Waals surface area contributed by atoms with Gasteiger partial charge < -0.3 is 48.3 Å². The summed E-state index contributed by atoms with van der Waals surface area (Å²) in [7, 11) is -3.98. The number of ether oxygens (including phenoxy) is 5. The van der Waals surface area contributed by atoms with Crippen LogP contribution in [0.1, 0.15) is 50.0 Å². The van der Waals surface area contributed by atoms with Crippen LogP contribution in [0.4, 0.5) is 10.6 Å². The van der Waals surface area contributed by atoms with Gasteiger partial charge in [-0.2, -0.15) is 0 Å². The fourth-order valence-corrected chi connectivity index (χ4v) is 6.15. The molecule has 0 saturated carbocycles. The van der Waals surface area contributed by atoms with Crippen LogP contribution in [0, 0.1) is 0 Å². The number of rotatable bonds is 20. The number of alkyl carbamates (subject to hydrolysis) is 1. The van der Waals surface area contributed by atoms with Gasteiger partial charge in [-0.05, 0) is 38.5 Å². The average Bonchev–Trinajstić information content (AvgIpc) is 3.55. The summed E-state index contributed by atoms with van der Waals surface area (Å²) >= 11 is 0. The molecule has 2 heterocycles. The Kier molecular flexibility index (Phi) is 15.6. The largest absolute Gasteiger partial charge is 0.464 e. The number of hydrogen-bond donors (Lipinski definition) is 2. The highest BCUT2D eigenvalue weighted by Crippen LogP contribution is 2.48. The maximum absolute atomic E-state index is 13.8. The number of nitrogens with one attached hydrogen (secondary N) is 1. The van der Waals surface area contributed by atoms with Crippen LogP contribution in [0.15, 0.2) is 67.3 Å². The monoisotopic (exact) mass is 784 g/mol. The third kappa shape index (κ3) is 14.1. The molecule has 0 aliphatic heterocycles. The van der Waals surface area contributed by atoms with Crippen molar-refractivity contribution in [3.05, 3.63) is 78.4 Å². The van der Waals surface area contributed by atoms with E-state index in [9.17, 15) is 23.7 Å². The van der Waals surface area contributed by atoms with Crippen molar-refractivity contribution < 1.29 is 56.5 Å². The van der Waals surface area contributed by atoms with Crippen LogP contribution in [0.25, 0.3) is 11.2 Å². The lowest BCUT2D eigenvalue weighted by molar-refractivity contribution is -0.146. The molecule has 0 bridgehead atoms. The van der Waals surface area contributed by atoms with Gasteiger partial charge in [0.25, 0.3) is 0 Å². The summed E-state index contributed by atoms with van der Waals surface area (Å²) in [6.45, 7) is 5.67. The predicted octanol–water partition coefficient (Wildman–Crippen LogP) is 4.46. The Hall–Kier alpha value is -5.42. The molecule has 0 radical (unpaired) electrons. The van der Waals surface area contributed by atoms with E-state index < -0.39 is 49.6 Å². The summed E-state index contributed by atoms with van der Waals surface area (Å²) in [5.41, 5.74) is 6.81. The molecule has 4 rings (SSSR count). The first kappa shape index (κ1) is 42.3. The molecule has 3 N–H and O–H groups in total. The van der Waals surface area contributed by atoms with Crippen LogP contribution in [-0.4, -0.2) is 94.5 Å². The maximum Gasteiger partial charge on any atom is 0.408 e. The summed E-state index contributed by atoms with van der Waals surface area (Å²) in [6, 6.07) is 14.1. The number of hydrogen-bond acceptors (Lipinski definition) is 16. The zero-order chi connectivity index (χ0) is 39.8. The molecule has 0 spiro atoms. The number of aromatic nitrogens is 4. The molecular formula is C36H45N6O12P. The van der Waals surface area contributed by atoms with Gasteiger partial charge in [-0.3, -0.25) is 9.36 Å². The van der Waals surface area contributed by atoms with Gasteiger partial charge in [0.2, 0.25) is 0 Å². The normalized spacial score (nSPS) is 13.0. The van der Waals surface area contributed by atoms with E-state index in [4.69, 9.17) is 38.5 Å². The standard InChI is InChI=1S/C36H45N6O12P/c1-25(43)53-29-14-9-8-13-27(29)33(44)50-19-20-52-55(47,24-48-18-15-42-23-40-30-31(37)38-22-39-32(30)42)51-17-10-16-49-34(45)28(21-26-11-6-5-7-12-26)41-35(46)54-36(2,3)4/h5-9,11-14,22-23,28H,10,15-21,24H2,1-4H3,(H,41,46)(H2,37,38,39)/t28-,55?/m1/s1. The molecule has 0 saturated heterocycles. The van der Waals surface area contributed by atoms with E-state index in [1.807, 2.05) is 30.3 Å². The molecule has 18 nitrogen and oxygen atoms in total. The SMILES string of the molecule is CC(=O)Oc1ccccc1C(=O)OCCOP(=O)(COCCn1cnc2c(N)ncnc21)OCCCOC(=O)[C@@H](Cc1ccccc1)NC(=O)OC(C)(C)C. The number of carbonyl (C=O) groups is 4. The van der Waals surface area contributed by atoms with E-state index in [0.717, 1.165) is 5.56 Å². The second-order valence-corrected chi connectivity index (χ2v) is 14.8. The fourth-order valence-electron chi connectivity index (χ4n) is 4.81. The molecule has 2 aromatic heterocycles. The number of benzene rings is 2. The Balaban J connectivity index is 1.32. The molecule has 0 fully saturated rings. The molecule has 0 aliphatic carbocycles.